The van der Waals surface area contributed by atoms with Gasteiger partial charge in [-0.1, -0.05) is 41.4 Å². The molecular formula is C17H23BrN2O2. The monoisotopic (exact) mass is 366 g/mol. The number of unbranched alkanes of at least 4 members (excludes halogenated alkanes) is 1. The summed E-state index contributed by atoms with van der Waals surface area (Å²) in [5.41, 5.74) is 6.26. The molecule has 1 aliphatic rings. The summed E-state index contributed by atoms with van der Waals surface area (Å²) < 4.78 is 6.25. The Labute approximate surface area is 140 Å². The zero-order chi connectivity index (χ0) is 15.9. The molecule has 4 nitrogen and oxygen atoms in total. The number of hydrazine groups is 1. The summed E-state index contributed by atoms with van der Waals surface area (Å²) in [4.78, 5) is 12.2. The van der Waals surface area contributed by atoms with E-state index in [2.05, 4.69) is 45.4 Å². The van der Waals surface area contributed by atoms with E-state index < -0.39 is 0 Å². The van der Waals surface area contributed by atoms with Gasteiger partial charge in [-0.3, -0.25) is 0 Å². The Bertz CT molecular complexity index is 540. The summed E-state index contributed by atoms with van der Waals surface area (Å²) in [6, 6.07) is 8.17. The van der Waals surface area contributed by atoms with Gasteiger partial charge in [0.2, 0.25) is 0 Å². The Morgan fingerprint density at radius 1 is 1.32 bits per heavy atom. The molecule has 0 saturated heterocycles. The molecule has 1 N–H and O–H groups in total. The fraction of sp³-hybridized carbons (Fsp3) is 0.471. The minimum absolute atomic E-state index is 0.207. The quantitative estimate of drug-likeness (QED) is 0.750. The summed E-state index contributed by atoms with van der Waals surface area (Å²) in [5.74, 6) is -0.207. The molecule has 0 amide bonds. The number of hydrogen-bond acceptors (Lipinski definition) is 4. The van der Waals surface area contributed by atoms with Crippen LogP contribution in [-0.4, -0.2) is 30.7 Å². The number of ether oxygens (including phenoxy) is 1. The van der Waals surface area contributed by atoms with E-state index in [9.17, 15) is 4.79 Å². The number of halogens is 1. The summed E-state index contributed by atoms with van der Waals surface area (Å²) >= 11 is 3.44. The molecular weight excluding hydrogens is 344 g/mol. The Morgan fingerprint density at radius 2 is 2.05 bits per heavy atom. The average Bonchev–Trinajstić information content (AvgIpc) is 2.91. The van der Waals surface area contributed by atoms with Crippen LogP contribution in [-0.2, 0) is 16.0 Å². The van der Waals surface area contributed by atoms with Gasteiger partial charge in [0.15, 0.2) is 0 Å². The third kappa shape index (κ3) is 4.58. The van der Waals surface area contributed by atoms with Crippen molar-refractivity contribution in [2.24, 2.45) is 0 Å². The first-order valence-corrected chi connectivity index (χ1v) is 8.58. The summed E-state index contributed by atoms with van der Waals surface area (Å²) in [5, 5.41) is 2.10. The van der Waals surface area contributed by atoms with Gasteiger partial charge in [0.05, 0.1) is 18.7 Å². The van der Waals surface area contributed by atoms with Crippen LogP contribution in [0.1, 0.15) is 32.3 Å². The van der Waals surface area contributed by atoms with Gasteiger partial charge in [-0.15, -0.1) is 0 Å². The first-order valence-electron chi connectivity index (χ1n) is 7.79. The highest BCUT2D eigenvalue weighted by molar-refractivity contribution is 9.10. The van der Waals surface area contributed by atoms with Crippen molar-refractivity contribution in [2.75, 3.05) is 19.7 Å². The van der Waals surface area contributed by atoms with Crippen molar-refractivity contribution in [2.45, 2.75) is 33.1 Å². The largest absolute Gasteiger partial charge is 0.463 e. The van der Waals surface area contributed by atoms with Gasteiger partial charge < -0.3 is 10.2 Å². The van der Waals surface area contributed by atoms with E-state index >= 15 is 0 Å². The van der Waals surface area contributed by atoms with Gasteiger partial charge in [0, 0.05) is 23.1 Å². The predicted molar refractivity (Wildman–Crippen MR) is 91.1 cm³/mol. The number of hydrogen-bond donors (Lipinski definition) is 1. The molecule has 0 aliphatic carbocycles. The number of allylic oxidation sites excluding steroid dienone is 1. The average molecular weight is 367 g/mol. The van der Waals surface area contributed by atoms with Gasteiger partial charge in [-0.25, -0.2) is 9.80 Å². The van der Waals surface area contributed by atoms with E-state index in [0.717, 1.165) is 35.1 Å². The number of carbonyl (C=O) groups excluding carboxylic acids is 1. The number of nitrogens with one attached hydrogen (secondary N) is 1. The molecule has 2 rings (SSSR count). The van der Waals surface area contributed by atoms with E-state index in [0.29, 0.717) is 19.6 Å². The lowest BCUT2D eigenvalue weighted by Gasteiger charge is -2.17. The van der Waals surface area contributed by atoms with Crippen LogP contribution in [0.25, 0.3) is 0 Å². The molecule has 1 heterocycles. The maximum Gasteiger partial charge on any atom is 0.337 e. The molecule has 0 radical (unpaired) electrons. The summed E-state index contributed by atoms with van der Waals surface area (Å²) in [6.45, 7) is 5.96. The van der Waals surface area contributed by atoms with E-state index in [-0.39, 0.29) is 5.97 Å². The maximum absolute atomic E-state index is 12.2. The van der Waals surface area contributed by atoms with Crippen LogP contribution >= 0.6 is 15.9 Å². The molecule has 0 atom stereocenters. The Hall–Kier alpha value is -1.33. The number of nitrogens with zero attached hydrogens (tertiary/aromatic N) is 1. The lowest BCUT2D eigenvalue weighted by Crippen LogP contribution is -2.33. The van der Waals surface area contributed by atoms with Crippen molar-refractivity contribution in [1.29, 1.82) is 0 Å². The molecule has 1 aromatic rings. The van der Waals surface area contributed by atoms with Crippen LogP contribution in [0, 0.1) is 0 Å². The van der Waals surface area contributed by atoms with Crippen molar-refractivity contribution < 1.29 is 9.53 Å². The predicted octanol–water partition coefficient (Wildman–Crippen LogP) is 3.43. The third-order valence-electron chi connectivity index (χ3n) is 3.60. The smallest absolute Gasteiger partial charge is 0.337 e. The van der Waals surface area contributed by atoms with Gasteiger partial charge in [-0.05, 0) is 31.0 Å². The highest BCUT2D eigenvalue weighted by Crippen LogP contribution is 2.20. The van der Waals surface area contributed by atoms with E-state index in [1.807, 2.05) is 19.1 Å². The minimum Gasteiger partial charge on any atom is -0.463 e. The highest BCUT2D eigenvalue weighted by atomic mass is 79.9. The Balaban J connectivity index is 2.12. The maximum atomic E-state index is 12.2. The zero-order valence-electron chi connectivity index (χ0n) is 13.2. The van der Waals surface area contributed by atoms with Crippen molar-refractivity contribution in [1.82, 2.24) is 10.4 Å². The molecule has 0 fully saturated rings. The van der Waals surface area contributed by atoms with Crippen molar-refractivity contribution >= 4 is 21.9 Å². The van der Waals surface area contributed by atoms with Crippen LogP contribution in [0.5, 0.6) is 0 Å². The highest BCUT2D eigenvalue weighted by Gasteiger charge is 2.26. The number of esters is 1. The first-order chi connectivity index (χ1) is 10.6. The molecule has 0 unspecified atom stereocenters. The molecule has 120 valence electrons. The molecule has 0 bridgehead atoms. The first kappa shape index (κ1) is 17.0. The second-order valence-electron chi connectivity index (χ2n) is 5.37. The SMILES string of the molecule is CCCCN1CC(C(=O)OCC)=C(Cc2ccc(Br)cc2)N1. The normalized spacial score (nSPS) is 15.0. The van der Waals surface area contributed by atoms with Gasteiger partial charge in [0.25, 0.3) is 0 Å². The fourth-order valence-corrected chi connectivity index (χ4v) is 2.69. The molecule has 1 aromatic carbocycles. The molecule has 5 heteroatoms. The summed E-state index contributed by atoms with van der Waals surface area (Å²) in [7, 11) is 0. The molecule has 0 spiro atoms. The van der Waals surface area contributed by atoms with Gasteiger partial charge in [-0.2, -0.15) is 0 Å². The van der Waals surface area contributed by atoms with E-state index in [1.165, 1.54) is 5.56 Å². The van der Waals surface area contributed by atoms with Crippen LogP contribution in [0.4, 0.5) is 0 Å². The lowest BCUT2D eigenvalue weighted by molar-refractivity contribution is -0.138. The number of benzene rings is 1. The van der Waals surface area contributed by atoms with Crippen LogP contribution in [0.3, 0.4) is 0 Å². The fourth-order valence-electron chi connectivity index (χ4n) is 2.43. The van der Waals surface area contributed by atoms with Crippen molar-refractivity contribution in [3.05, 3.63) is 45.6 Å². The van der Waals surface area contributed by atoms with Gasteiger partial charge >= 0.3 is 5.97 Å². The Kier molecular flexibility index (Phi) is 6.46. The zero-order valence-corrected chi connectivity index (χ0v) is 14.8. The van der Waals surface area contributed by atoms with Crippen molar-refractivity contribution in [3.63, 3.8) is 0 Å². The van der Waals surface area contributed by atoms with E-state index in [4.69, 9.17) is 4.74 Å². The lowest BCUT2D eigenvalue weighted by atomic mass is 10.1. The minimum atomic E-state index is -0.207. The standard InChI is InChI=1S/C17H23BrN2O2/c1-3-5-10-20-12-15(17(21)22-4-2)16(19-20)11-13-6-8-14(18)9-7-13/h6-9,19H,3-5,10-12H2,1-2H3. The third-order valence-corrected chi connectivity index (χ3v) is 4.13. The van der Waals surface area contributed by atoms with Crippen LogP contribution < -0.4 is 5.43 Å². The van der Waals surface area contributed by atoms with Crippen LogP contribution in [0.15, 0.2) is 40.0 Å². The molecule has 1 aliphatic heterocycles. The van der Waals surface area contributed by atoms with Crippen molar-refractivity contribution in [3.8, 4) is 0 Å². The van der Waals surface area contributed by atoms with Crippen LogP contribution in [0.2, 0.25) is 0 Å². The Morgan fingerprint density at radius 3 is 2.68 bits per heavy atom. The number of rotatable bonds is 7. The number of carbonyl (C=O) groups is 1. The summed E-state index contributed by atoms with van der Waals surface area (Å²) in [6.07, 6.45) is 2.95. The molecule has 22 heavy (non-hydrogen) atoms. The van der Waals surface area contributed by atoms with Gasteiger partial charge in [0.1, 0.15) is 0 Å². The van der Waals surface area contributed by atoms with E-state index in [1.54, 1.807) is 0 Å². The second-order valence-corrected chi connectivity index (χ2v) is 6.28. The second kappa shape index (κ2) is 8.34. The topological polar surface area (TPSA) is 41.6 Å². The molecule has 0 saturated carbocycles. The molecule has 0 aromatic heterocycles.